The number of hydrazine groups is 1. The maximum Gasteiger partial charge on any atom is 0.337 e. The predicted molar refractivity (Wildman–Crippen MR) is 139 cm³/mol. The SMILES string of the molecule is C[C@H](NC(=O)N(CC(=O)N1CCCC[C@@H]1C)NC(=O)CCC(C)(C)C)c1ncc(-c2ccc(F)cc2F)[nH]1. The summed E-state index contributed by atoms with van der Waals surface area (Å²) < 4.78 is 27.5. The Bertz CT molecular complexity index is 1150. The van der Waals surface area contributed by atoms with Gasteiger partial charge in [0, 0.05) is 30.6 Å². The number of carbonyl (C=O) groups excluding carboxylic acids is 3. The first-order valence-corrected chi connectivity index (χ1v) is 13.0. The number of halogens is 2. The van der Waals surface area contributed by atoms with Crippen LogP contribution in [0, 0.1) is 17.0 Å². The van der Waals surface area contributed by atoms with Crippen molar-refractivity contribution in [3.05, 3.63) is 41.9 Å². The third-order valence-corrected chi connectivity index (χ3v) is 6.59. The lowest BCUT2D eigenvalue weighted by Crippen LogP contribution is -2.56. The number of hydrogen-bond donors (Lipinski definition) is 3. The standard InChI is InChI=1S/C27H38F2N6O3/c1-17-8-6-7-13-34(17)24(37)16-35(33-23(36)11-12-27(3,4)5)26(38)31-18(2)25-30-15-22(32-25)20-10-9-19(28)14-21(20)29/h9-10,14-15,17-18H,6-8,11-13,16H2,1-5H3,(H,30,32)(H,31,38)(H,33,36)/t17-,18-/m0/s1. The molecule has 1 saturated heterocycles. The summed E-state index contributed by atoms with van der Waals surface area (Å²) in [5, 5.41) is 3.74. The van der Waals surface area contributed by atoms with Crippen LogP contribution in [0.3, 0.4) is 0 Å². The van der Waals surface area contributed by atoms with Gasteiger partial charge in [0.1, 0.15) is 24.0 Å². The fraction of sp³-hybridized carbons (Fsp3) is 0.556. The number of aromatic nitrogens is 2. The molecule has 2 atom stereocenters. The Hall–Kier alpha value is -3.50. The van der Waals surface area contributed by atoms with Gasteiger partial charge in [0.15, 0.2) is 0 Å². The summed E-state index contributed by atoms with van der Waals surface area (Å²) >= 11 is 0. The van der Waals surface area contributed by atoms with Crippen molar-refractivity contribution in [1.82, 2.24) is 30.6 Å². The van der Waals surface area contributed by atoms with Gasteiger partial charge in [-0.3, -0.25) is 15.0 Å². The van der Waals surface area contributed by atoms with E-state index < -0.39 is 23.7 Å². The molecule has 3 N–H and O–H groups in total. The van der Waals surface area contributed by atoms with Crippen molar-refractivity contribution in [3.8, 4) is 11.3 Å². The molecule has 0 saturated carbocycles. The average molecular weight is 533 g/mol. The summed E-state index contributed by atoms with van der Waals surface area (Å²) in [7, 11) is 0. The van der Waals surface area contributed by atoms with Gasteiger partial charge in [0.25, 0.3) is 0 Å². The van der Waals surface area contributed by atoms with Gasteiger partial charge in [-0.25, -0.2) is 23.6 Å². The highest BCUT2D eigenvalue weighted by molar-refractivity contribution is 5.87. The molecule has 1 aromatic carbocycles. The van der Waals surface area contributed by atoms with Gasteiger partial charge in [-0.05, 0) is 57.1 Å². The molecular weight excluding hydrogens is 494 g/mol. The number of piperidine rings is 1. The molecule has 1 aromatic heterocycles. The monoisotopic (exact) mass is 532 g/mol. The summed E-state index contributed by atoms with van der Waals surface area (Å²) in [6, 6.07) is 1.94. The molecule has 0 spiro atoms. The number of nitrogens with one attached hydrogen (secondary N) is 3. The van der Waals surface area contributed by atoms with Crippen molar-refractivity contribution in [2.75, 3.05) is 13.1 Å². The van der Waals surface area contributed by atoms with E-state index in [2.05, 4.69) is 20.7 Å². The van der Waals surface area contributed by atoms with Crippen LogP contribution >= 0.6 is 0 Å². The fourth-order valence-electron chi connectivity index (χ4n) is 4.28. The van der Waals surface area contributed by atoms with Crippen molar-refractivity contribution in [2.45, 2.75) is 78.8 Å². The molecule has 2 aromatic rings. The second-order valence-electron chi connectivity index (χ2n) is 11.1. The van der Waals surface area contributed by atoms with E-state index in [4.69, 9.17) is 0 Å². The lowest BCUT2D eigenvalue weighted by Gasteiger charge is -2.35. The second-order valence-corrected chi connectivity index (χ2v) is 11.1. The first kappa shape index (κ1) is 29.1. The summed E-state index contributed by atoms with van der Waals surface area (Å²) in [5.41, 5.74) is 2.98. The van der Waals surface area contributed by atoms with Crippen LogP contribution in [0.25, 0.3) is 11.3 Å². The lowest BCUT2D eigenvalue weighted by molar-refractivity contribution is -0.136. The van der Waals surface area contributed by atoms with Crippen molar-refractivity contribution in [3.63, 3.8) is 0 Å². The van der Waals surface area contributed by atoms with Crippen molar-refractivity contribution < 1.29 is 23.2 Å². The molecule has 9 nitrogen and oxygen atoms in total. The number of carbonyl (C=O) groups is 3. The molecule has 38 heavy (non-hydrogen) atoms. The third kappa shape index (κ3) is 8.00. The zero-order valence-electron chi connectivity index (χ0n) is 22.7. The summed E-state index contributed by atoms with van der Waals surface area (Å²) in [6.07, 6.45) is 5.03. The molecule has 1 fully saturated rings. The zero-order chi connectivity index (χ0) is 28.0. The van der Waals surface area contributed by atoms with E-state index in [1.165, 1.54) is 12.3 Å². The van der Waals surface area contributed by atoms with Gasteiger partial charge in [0.05, 0.1) is 17.9 Å². The van der Waals surface area contributed by atoms with Crippen molar-refractivity contribution in [2.24, 2.45) is 5.41 Å². The van der Waals surface area contributed by atoms with Gasteiger partial charge in [0.2, 0.25) is 11.8 Å². The summed E-state index contributed by atoms with van der Waals surface area (Å²) in [4.78, 5) is 47.8. The predicted octanol–water partition coefficient (Wildman–Crippen LogP) is 4.69. The van der Waals surface area contributed by atoms with E-state index in [-0.39, 0.29) is 41.8 Å². The molecule has 11 heteroatoms. The summed E-state index contributed by atoms with van der Waals surface area (Å²) in [6.45, 7) is 9.99. The Labute approximate surface area is 222 Å². The number of rotatable bonds is 7. The van der Waals surface area contributed by atoms with Crippen LogP contribution in [0.1, 0.15) is 78.6 Å². The van der Waals surface area contributed by atoms with Gasteiger partial charge in [-0.15, -0.1) is 0 Å². The molecule has 2 heterocycles. The first-order valence-electron chi connectivity index (χ1n) is 13.0. The third-order valence-electron chi connectivity index (χ3n) is 6.59. The van der Waals surface area contributed by atoms with Crippen LogP contribution in [0.15, 0.2) is 24.4 Å². The molecule has 0 radical (unpaired) electrons. The normalized spacial score (nSPS) is 16.6. The second kappa shape index (κ2) is 12.4. The first-order chi connectivity index (χ1) is 17.8. The average Bonchev–Trinajstić information content (AvgIpc) is 3.32. The Morgan fingerprint density at radius 3 is 2.63 bits per heavy atom. The van der Waals surface area contributed by atoms with E-state index in [1.807, 2.05) is 27.7 Å². The van der Waals surface area contributed by atoms with Crippen LogP contribution in [0.4, 0.5) is 13.6 Å². The molecule has 0 unspecified atom stereocenters. The largest absolute Gasteiger partial charge is 0.340 e. The highest BCUT2D eigenvalue weighted by Crippen LogP contribution is 2.24. The quantitative estimate of drug-likeness (QED) is 0.450. The molecular formula is C27H38F2N6O3. The van der Waals surface area contributed by atoms with Crippen LogP contribution in [-0.2, 0) is 9.59 Å². The van der Waals surface area contributed by atoms with Gasteiger partial charge < -0.3 is 15.2 Å². The maximum atomic E-state index is 14.2. The minimum atomic E-state index is -0.744. The fourth-order valence-corrected chi connectivity index (χ4v) is 4.28. The molecule has 3 rings (SSSR count). The van der Waals surface area contributed by atoms with Gasteiger partial charge in [-0.1, -0.05) is 20.8 Å². The van der Waals surface area contributed by atoms with Crippen LogP contribution < -0.4 is 10.7 Å². The highest BCUT2D eigenvalue weighted by atomic mass is 19.1. The lowest BCUT2D eigenvalue weighted by atomic mass is 9.90. The topological polar surface area (TPSA) is 110 Å². The van der Waals surface area contributed by atoms with E-state index in [9.17, 15) is 23.2 Å². The number of benzene rings is 1. The van der Waals surface area contributed by atoms with Crippen LogP contribution in [0.5, 0.6) is 0 Å². The Morgan fingerprint density at radius 2 is 1.97 bits per heavy atom. The highest BCUT2D eigenvalue weighted by Gasteiger charge is 2.28. The van der Waals surface area contributed by atoms with E-state index in [1.54, 1.807) is 11.8 Å². The molecule has 0 bridgehead atoms. The number of amides is 4. The Balaban J connectivity index is 1.71. The minimum Gasteiger partial charge on any atom is -0.340 e. The van der Waals surface area contributed by atoms with E-state index in [0.29, 0.717) is 24.5 Å². The van der Waals surface area contributed by atoms with Gasteiger partial charge >= 0.3 is 6.03 Å². The van der Waals surface area contributed by atoms with Crippen LogP contribution in [0.2, 0.25) is 0 Å². The number of nitrogens with zero attached hydrogens (tertiary/aromatic N) is 3. The number of urea groups is 1. The number of likely N-dealkylation sites (tertiary alicyclic amines) is 1. The van der Waals surface area contributed by atoms with E-state index in [0.717, 1.165) is 36.4 Å². The Morgan fingerprint density at radius 1 is 1.24 bits per heavy atom. The van der Waals surface area contributed by atoms with Crippen molar-refractivity contribution >= 4 is 17.8 Å². The molecule has 0 aliphatic carbocycles. The number of H-pyrrole nitrogens is 1. The molecule has 1 aliphatic heterocycles. The van der Waals surface area contributed by atoms with Gasteiger partial charge in [-0.2, -0.15) is 0 Å². The zero-order valence-corrected chi connectivity index (χ0v) is 22.7. The molecule has 208 valence electrons. The van der Waals surface area contributed by atoms with Crippen molar-refractivity contribution in [1.29, 1.82) is 0 Å². The molecule has 4 amide bonds. The smallest absolute Gasteiger partial charge is 0.337 e. The number of aromatic amines is 1. The maximum absolute atomic E-state index is 14.2. The van der Waals surface area contributed by atoms with Crippen LogP contribution in [-0.4, -0.2) is 56.9 Å². The summed E-state index contributed by atoms with van der Waals surface area (Å²) in [5.74, 6) is -1.72. The Kier molecular flexibility index (Phi) is 9.45. The number of hydrogen-bond acceptors (Lipinski definition) is 4. The minimum absolute atomic E-state index is 0.0603. The molecule has 1 aliphatic rings. The number of imidazole rings is 1. The van der Waals surface area contributed by atoms with E-state index >= 15 is 0 Å².